The molecule has 1 aromatic rings. The van der Waals surface area contributed by atoms with Gasteiger partial charge in [-0.25, -0.2) is 0 Å². The number of carbonyl (C=O) groups is 1. The third-order valence-electron chi connectivity index (χ3n) is 4.49. The van der Waals surface area contributed by atoms with E-state index < -0.39 is 0 Å². The molecule has 118 valence electrons. The second-order valence-corrected chi connectivity index (χ2v) is 8.58. The fourth-order valence-electron chi connectivity index (χ4n) is 3.92. The highest BCUT2D eigenvalue weighted by Crippen LogP contribution is 2.51. The van der Waals surface area contributed by atoms with Gasteiger partial charge in [0.2, 0.25) is 0 Å². The maximum absolute atomic E-state index is 12.8. The highest BCUT2D eigenvalue weighted by molar-refractivity contribution is 7.16. The van der Waals surface area contributed by atoms with Crippen molar-refractivity contribution < 1.29 is 4.79 Å². The molecule has 1 aliphatic carbocycles. The first-order valence-corrected chi connectivity index (χ1v) is 8.65. The number of hydrogen-bond acceptors (Lipinski definition) is 3. The van der Waals surface area contributed by atoms with Crippen LogP contribution in [0, 0.1) is 5.41 Å². The van der Waals surface area contributed by atoms with Gasteiger partial charge in [-0.15, -0.1) is 11.3 Å². The predicted molar refractivity (Wildman–Crippen MR) is 91.1 cm³/mol. The molecule has 0 spiro atoms. The summed E-state index contributed by atoms with van der Waals surface area (Å²) in [5, 5.41) is 0.697. The molecule has 21 heavy (non-hydrogen) atoms. The number of hydrogen-bond donors (Lipinski definition) is 1. The summed E-state index contributed by atoms with van der Waals surface area (Å²) in [7, 11) is 0. The molecule has 0 unspecified atom stereocenters. The van der Waals surface area contributed by atoms with E-state index in [1.807, 2.05) is 18.7 Å². The van der Waals surface area contributed by atoms with Crippen LogP contribution in [-0.4, -0.2) is 23.9 Å². The van der Waals surface area contributed by atoms with Gasteiger partial charge < -0.3 is 10.6 Å². The first-order chi connectivity index (χ1) is 9.63. The van der Waals surface area contributed by atoms with E-state index in [1.54, 1.807) is 11.3 Å². The van der Waals surface area contributed by atoms with Crippen molar-refractivity contribution in [1.82, 2.24) is 4.90 Å². The van der Waals surface area contributed by atoms with Gasteiger partial charge in [-0.3, -0.25) is 4.79 Å². The van der Waals surface area contributed by atoms with Gasteiger partial charge in [-0.2, -0.15) is 0 Å². The van der Waals surface area contributed by atoms with Crippen LogP contribution in [0.15, 0.2) is 0 Å². The third-order valence-corrected chi connectivity index (χ3v) is 5.92. The molecular formula is C17H28N2OS. The van der Waals surface area contributed by atoms with Gasteiger partial charge >= 0.3 is 0 Å². The van der Waals surface area contributed by atoms with Crippen LogP contribution in [0.3, 0.4) is 0 Å². The molecule has 0 atom stereocenters. The van der Waals surface area contributed by atoms with Crippen molar-refractivity contribution in [2.24, 2.45) is 5.41 Å². The summed E-state index contributed by atoms with van der Waals surface area (Å²) in [6, 6.07) is 0. The van der Waals surface area contributed by atoms with Crippen molar-refractivity contribution in [3.63, 3.8) is 0 Å². The lowest BCUT2D eigenvalue weighted by Gasteiger charge is -2.40. The van der Waals surface area contributed by atoms with Gasteiger partial charge in [0.15, 0.2) is 0 Å². The normalized spacial score (nSPS) is 19.1. The average Bonchev–Trinajstić information content (AvgIpc) is 2.65. The van der Waals surface area contributed by atoms with Crippen molar-refractivity contribution in [2.75, 3.05) is 18.8 Å². The van der Waals surface area contributed by atoms with E-state index in [2.05, 4.69) is 27.7 Å². The van der Waals surface area contributed by atoms with E-state index in [1.165, 1.54) is 10.4 Å². The molecule has 0 bridgehead atoms. The summed E-state index contributed by atoms with van der Waals surface area (Å²) < 4.78 is 0. The van der Waals surface area contributed by atoms with Crippen LogP contribution in [0.2, 0.25) is 0 Å². The molecule has 0 saturated carbocycles. The monoisotopic (exact) mass is 308 g/mol. The number of anilines is 1. The van der Waals surface area contributed by atoms with Crippen molar-refractivity contribution in [2.45, 2.75) is 59.8 Å². The number of thiophene rings is 1. The molecule has 1 aliphatic rings. The van der Waals surface area contributed by atoms with Gasteiger partial charge in [-0.1, -0.05) is 27.7 Å². The first kappa shape index (κ1) is 16.3. The Bertz CT molecular complexity index is 553. The van der Waals surface area contributed by atoms with Crippen LogP contribution >= 0.6 is 11.3 Å². The molecule has 0 fully saturated rings. The fourth-order valence-corrected chi connectivity index (χ4v) is 5.10. The molecule has 1 amide bonds. The zero-order chi connectivity index (χ0) is 16.0. The Morgan fingerprint density at radius 3 is 2.33 bits per heavy atom. The molecular weight excluding hydrogens is 280 g/mol. The van der Waals surface area contributed by atoms with Crippen molar-refractivity contribution >= 4 is 22.2 Å². The quantitative estimate of drug-likeness (QED) is 0.915. The standard InChI is InChI=1S/C17H28N2OS/c1-7-19(8-2)15(20)12-11-9-16(3,4)10-17(5,6)13(11)21-14(12)18/h7-10,18H2,1-6H3. The zero-order valence-electron chi connectivity index (χ0n) is 14.2. The number of rotatable bonds is 3. The lowest BCUT2D eigenvalue weighted by atomic mass is 9.65. The van der Waals surface area contributed by atoms with Crippen LogP contribution in [0.4, 0.5) is 5.00 Å². The van der Waals surface area contributed by atoms with E-state index in [4.69, 9.17) is 5.73 Å². The summed E-state index contributed by atoms with van der Waals surface area (Å²) in [6.07, 6.45) is 2.08. The Morgan fingerprint density at radius 2 is 1.81 bits per heavy atom. The maximum Gasteiger partial charge on any atom is 0.257 e. The lowest BCUT2D eigenvalue weighted by molar-refractivity contribution is 0.0772. The van der Waals surface area contributed by atoms with E-state index in [0.29, 0.717) is 5.00 Å². The summed E-state index contributed by atoms with van der Waals surface area (Å²) in [5.41, 5.74) is 8.54. The van der Waals surface area contributed by atoms with Crippen LogP contribution in [0.25, 0.3) is 0 Å². The Labute approximate surface area is 132 Å². The fraction of sp³-hybridized carbons (Fsp3) is 0.706. The number of nitrogens with two attached hydrogens (primary N) is 1. The van der Waals surface area contributed by atoms with Crippen LogP contribution in [-0.2, 0) is 11.8 Å². The number of nitrogens with zero attached hydrogens (tertiary/aromatic N) is 1. The Kier molecular flexibility index (Phi) is 4.13. The number of amides is 1. The van der Waals surface area contributed by atoms with Gasteiger partial charge in [0, 0.05) is 18.0 Å². The molecule has 0 radical (unpaired) electrons. The van der Waals surface area contributed by atoms with Crippen LogP contribution in [0.1, 0.15) is 68.8 Å². The second-order valence-electron chi connectivity index (χ2n) is 7.53. The second kappa shape index (κ2) is 5.31. The molecule has 4 heteroatoms. The number of nitrogen functional groups attached to an aromatic ring is 1. The van der Waals surface area contributed by atoms with Crippen LogP contribution < -0.4 is 5.73 Å². The van der Waals surface area contributed by atoms with Crippen molar-refractivity contribution in [3.8, 4) is 0 Å². The minimum Gasteiger partial charge on any atom is -0.390 e. The van der Waals surface area contributed by atoms with E-state index in [-0.39, 0.29) is 16.7 Å². The van der Waals surface area contributed by atoms with Gasteiger partial charge in [-0.05, 0) is 43.1 Å². The van der Waals surface area contributed by atoms with E-state index in [0.717, 1.165) is 31.5 Å². The smallest absolute Gasteiger partial charge is 0.257 e. The van der Waals surface area contributed by atoms with E-state index in [9.17, 15) is 4.79 Å². The van der Waals surface area contributed by atoms with E-state index >= 15 is 0 Å². The molecule has 0 saturated heterocycles. The first-order valence-electron chi connectivity index (χ1n) is 7.84. The summed E-state index contributed by atoms with van der Waals surface area (Å²) in [6.45, 7) is 14.6. The van der Waals surface area contributed by atoms with Gasteiger partial charge in [0.1, 0.15) is 0 Å². The van der Waals surface area contributed by atoms with Gasteiger partial charge in [0.25, 0.3) is 5.91 Å². The molecule has 0 aromatic carbocycles. The van der Waals surface area contributed by atoms with Gasteiger partial charge in [0.05, 0.1) is 10.6 Å². The summed E-state index contributed by atoms with van der Waals surface area (Å²) in [5.74, 6) is 0.100. The minimum absolute atomic E-state index is 0.0949. The maximum atomic E-state index is 12.8. The average molecular weight is 308 g/mol. The largest absolute Gasteiger partial charge is 0.390 e. The Hall–Kier alpha value is -1.03. The predicted octanol–water partition coefficient (Wildman–Crippen LogP) is 4.06. The molecule has 1 heterocycles. The van der Waals surface area contributed by atoms with Crippen molar-refractivity contribution in [3.05, 3.63) is 16.0 Å². The molecule has 2 N–H and O–H groups in total. The number of carbonyl (C=O) groups excluding carboxylic acids is 1. The SMILES string of the molecule is CCN(CC)C(=O)c1c(N)sc2c1CC(C)(C)CC2(C)C. The highest BCUT2D eigenvalue weighted by atomic mass is 32.1. The van der Waals surface area contributed by atoms with Crippen molar-refractivity contribution in [1.29, 1.82) is 0 Å². The molecule has 3 nitrogen and oxygen atoms in total. The third kappa shape index (κ3) is 2.83. The lowest BCUT2D eigenvalue weighted by Crippen LogP contribution is -2.36. The minimum atomic E-state index is 0.0949. The summed E-state index contributed by atoms with van der Waals surface area (Å²) >= 11 is 1.62. The Balaban J connectivity index is 2.56. The zero-order valence-corrected chi connectivity index (χ0v) is 15.0. The Morgan fingerprint density at radius 1 is 1.24 bits per heavy atom. The molecule has 2 rings (SSSR count). The molecule has 1 aromatic heterocycles. The number of fused-ring (bicyclic) bond motifs is 1. The highest BCUT2D eigenvalue weighted by Gasteiger charge is 2.42. The summed E-state index contributed by atoms with van der Waals surface area (Å²) in [4.78, 5) is 16.0. The van der Waals surface area contributed by atoms with Crippen LogP contribution in [0.5, 0.6) is 0 Å². The molecule has 0 aliphatic heterocycles. The topological polar surface area (TPSA) is 46.3 Å².